The summed E-state index contributed by atoms with van der Waals surface area (Å²) >= 11 is 0. The first-order chi connectivity index (χ1) is 8.28. The molecular formula is C10H16N4O3. The highest BCUT2D eigenvalue weighted by Crippen LogP contribution is 2.15. The summed E-state index contributed by atoms with van der Waals surface area (Å²) in [4.78, 5) is 11.8. The monoisotopic (exact) mass is 240 g/mol. The van der Waals surface area contributed by atoms with Crippen LogP contribution in [0.25, 0.3) is 0 Å². The maximum absolute atomic E-state index is 5.55. The van der Waals surface area contributed by atoms with Gasteiger partial charge in [-0.1, -0.05) is 6.92 Å². The fraction of sp³-hybridized carbons (Fsp3) is 0.700. The Morgan fingerprint density at radius 3 is 2.88 bits per heavy atom. The smallest absolute Gasteiger partial charge is 0.324 e. The Bertz CT molecular complexity index is 369. The Hall–Kier alpha value is -1.63. The van der Waals surface area contributed by atoms with Gasteiger partial charge in [0.2, 0.25) is 5.95 Å². The Kier molecular flexibility index (Phi) is 3.92. The van der Waals surface area contributed by atoms with Gasteiger partial charge in [0.05, 0.1) is 19.8 Å². The van der Waals surface area contributed by atoms with E-state index in [0.29, 0.717) is 19.8 Å². The molecule has 1 aliphatic heterocycles. The largest absolute Gasteiger partial charge is 0.463 e. The minimum Gasteiger partial charge on any atom is -0.463 e. The van der Waals surface area contributed by atoms with Gasteiger partial charge in [0.1, 0.15) is 6.10 Å². The first-order valence-electron chi connectivity index (χ1n) is 5.66. The third-order valence-corrected chi connectivity index (χ3v) is 2.21. The number of rotatable bonds is 5. The quantitative estimate of drug-likeness (QED) is 0.796. The second-order valence-electron chi connectivity index (χ2n) is 3.71. The minimum atomic E-state index is -0.0178. The SMILES string of the molecule is CCCOc1nc(N)nc(OC2CCOC2)n1. The van der Waals surface area contributed by atoms with Crippen molar-refractivity contribution in [2.45, 2.75) is 25.9 Å². The molecule has 0 bridgehead atoms. The third-order valence-electron chi connectivity index (χ3n) is 2.21. The van der Waals surface area contributed by atoms with E-state index < -0.39 is 0 Å². The summed E-state index contributed by atoms with van der Waals surface area (Å²) in [5.41, 5.74) is 5.55. The van der Waals surface area contributed by atoms with Crippen LogP contribution in [0.5, 0.6) is 12.0 Å². The number of nitrogens with two attached hydrogens (primary N) is 1. The van der Waals surface area contributed by atoms with Crippen LogP contribution in [0.3, 0.4) is 0 Å². The Balaban J connectivity index is 2.02. The zero-order chi connectivity index (χ0) is 12.1. The van der Waals surface area contributed by atoms with Crippen LogP contribution in [0.1, 0.15) is 19.8 Å². The van der Waals surface area contributed by atoms with Gasteiger partial charge in [-0.25, -0.2) is 0 Å². The Labute approximate surface area is 99.3 Å². The molecule has 7 heteroatoms. The van der Waals surface area contributed by atoms with E-state index in [1.165, 1.54) is 0 Å². The first-order valence-corrected chi connectivity index (χ1v) is 5.66. The van der Waals surface area contributed by atoms with Gasteiger partial charge >= 0.3 is 12.0 Å². The molecule has 0 aromatic carbocycles. The van der Waals surface area contributed by atoms with Gasteiger partial charge in [-0.2, -0.15) is 9.97 Å². The van der Waals surface area contributed by atoms with Crippen LogP contribution in [0, 0.1) is 0 Å². The van der Waals surface area contributed by atoms with Crippen molar-refractivity contribution in [2.24, 2.45) is 0 Å². The van der Waals surface area contributed by atoms with E-state index in [9.17, 15) is 0 Å². The molecule has 2 heterocycles. The summed E-state index contributed by atoms with van der Waals surface area (Å²) in [5.74, 6) is 0.0972. The van der Waals surface area contributed by atoms with Gasteiger partial charge < -0.3 is 19.9 Å². The lowest BCUT2D eigenvalue weighted by Gasteiger charge is -2.10. The van der Waals surface area contributed by atoms with Crippen LogP contribution in [-0.2, 0) is 4.74 Å². The second kappa shape index (κ2) is 5.62. The number of aromatic nitrogens is 3. The highest BCUT2D eigenvalue weighted by Gasteiger charge is 2.19. The number of hydrogen-bond acceptors (Lipinski definition) is 7. The number of hydrogen-bond donors (Lipinski definition) is 1. The maximum Gasteiger partial charge on any atom is 0.324 e. The van der Waals surface area contributed by atoms with E-state index in [0.717, 1.165) is 12.8 Å². The molecule has 1 unspecified atom stereocenters. The summed E-state index contributed by atoms with van der Waals surface area (Å²) in [7, 11) is 0. The predicted octanol–water partition coefficient (Wildman–Crippen LogP) is 0.410. The molecule has 1 saturated heterocycles. The van der Waals surface area contributed by atoms with Crippen molar-refractivity contribution in [3.05, 3.63) is 0 Å². The van der Waals surface area contributed by atoms with Crippen LogP contribution < -0.4 is 15.2 Å². The van der Waals surface area contributed by atoms with Crippen molar-refractivity contribution in [2.75, 3.05) is 25.6 Å². The molecule has 1 aliphatic rings. The normalized spacial score (nSPS) is 19.2. The number of nitrogen functional groups attached to an aromatic ring is 1. The van der Waals surface area contributed by atoms with Crippen LogP contribution >= 0.6 is 0 Å². The minimum absolute atomic E-state index is 0.0178. The van der Waals surface area contributed by atoms with Crippen molar-refractivity contribution in [3.8, 4) is 12.0 Å². The zero-order valence-corrected chi connectivity index (χ0v) is 9.76. The van der Waals surface area contributed by atoms with Crippen molar-refractivity contribution in [1.29, 1.82) is 0 Å². The van der Waals surface area contributed by atoms with Crippen LogP contribution in [0.2, 0.25) is 0 Å². The van der Waals surface area contributed by atoms with E-state index in [-0.39, 0.29) is 24.1 Å². The highest BCUT2D eigenvalue weighted by atomic mass is 16.6. The summed E-state index contributed by atoms with van der Waals surface area (Å²) in [5, 5.41) is 0. The molecule has 1 atom stereocenters. The van der Waals surface area contributed by atoms with Crippen molar-refractivity contribution >= 4 is 5.95 Å². The molecule has 0 amide bonds. The number of anilines is 1. The first kappa shape index (κ1) is 11.8. The molecule has 0 radical (unpaired) electrons. The van der Waals surface area contributed by atoms with E-state index in [1.807, 2.05) is 6.92 Å². The van der Waals surface area contributed by atoms with E-state index in [1.54, 1.807) is 0 Å². The zero-order valence-electron chi connectivity index (χ0n) is 9.76. The molecule has 94 valence electrons. The maximum atomic E-state index is 5.55. The predicted molar refractivity (Wildman–Crippen MR) is 59.9 cm³/mol. The number of ether oxygens (including phenoxy) is 3. The van der Waals surface area contributed by atoms with Gasteiger partial charge in [0.25, 0.3) is 0 Å². The topological polar surface area (TPSA) is 92.4 Å². The molecule has 0 spiro atoms. The average Bonchev–Trinajstić information content (AvgIpc) is 2.78. The molecule has 7 nitrogen and oxygen atoms in total. The molecule has 0 aliphatic carbocycles. The van der Waals surface area contributed by atoms with Crippen molar-refractivity contribution in [1.82, 2.24) is 15.0 Å². The summed E-state index contributed by atoms with van der Waals surface area (Å²) in [6, 6.07) is 0.396. The lowest BCUT2D eigenvalue weighted by Crippen LogP contribution is -2.18. The van der Waals surface area contributed by atoms with Gasteiger partial charge in [-0.15, -0.1) is 4.98 Å². The highest BCUT2D eigenvalue weighted by molar-refractivity contribution is 5.20. The average molecular weight is 240 g/mol. The summed E-state index contributed by atoms with van der Waals surface area (Å²) in [6.07, 6.45) is 1.69. The molecule has 17 heavy (non-hydrogen) atoms. The van der Waals surface area contributed by atoms with Crippen LogP contribution in [0.4, 0.5) is 5.95 Å². The van der Waals surface area contributed by atoms with Gasteiger partial charge in [-0.05, 0) is 6.42 Å². The fourth-order valence-corrected chi connectivity index (χ4v) is 1.42. The van der Waals surface area contributed by atoms with Gasteiger partial charge in [0, 0.05) is 6.42 Å². The fourth-order valence-electron chi connectivity index (χ4n) is 1.42. The summed E-state index contributed by atoms with van der Waals surface area (Å²) in [6.45, 7) is 3.79. The third kappa shape index (κ3) is 3.42. The summed E-state index contributed by atoms with van der Waals surface area (Å²) < 4.78 is 16.0. The van der Waals surface area contributed by atoms with Crippen LogP contribution in [-0.4, -0.2) is 40.9 Å². The molecule has 0 saturated carbocycles. The van der Waals surface area contributed by atoms with Crippen molar-refractivity contribution in [3.63, 3.8) is 0 Å². The van der Waals surface area contributed by atoms with E-state index in [4.69, 9.17) is 19.9 Å². The lowest BCUT2D eigenvalue weighted by molar-refractivity contribution is 0.132. The molecule has 1 fully saturated rings. The van der Waals surface area contributed by atoms with Gasteiger partial charge in [-0.3, -0.25) is 0 Å². The molecular weight excluding hydrogens is 224 g/mol. The number of nitrogens with zero attached hydrogens (tertiary/aromatic N) is 3. The Morgan fingerprint density at radius 2 is 2.18 bits per heavy atom. The molecule has 2 N–H and O–H groups in total. The molecule has 2 rings (SSSR count). The second-order valence-corrected chi connectivity index (χ2v) is 3.71. The van der Waals surface area contributed by atoms with Crippen molar-refractivity contribution < 1.29 is 14.2 Å². The molecule has 1 aromatic rings. The Morgan fingerprint density at radius 1 is 1.35 bits per heavy atom. The van der Waals surface area contributed by atoms with E-state index in [2.05, 4.69) is 15.0 Å². The molecule has 1 aromatic heterocycles. The standard InChI is InChI=1S/C10H16N4O3/c1-2-4-16-9-12-8(11)13-10(14-9)17-7-3-5-15-6-7/h7H,2-6H2,1H3,(H2,11,12,13,14). The van der Waals surface area contributed by atoms with E-state index >= 15 is 0 Å². The van der Waals surface area contributed by atoms with Crippen LogP contribution in [0.15, 0.2) is 0 Å². The lowest BCUT2D eigenvalue weighted by atomic mass is 10.3. The van der Waals surface area contributed by atoms with Gasteiger partial charge in [0.15, 0.2) is 0 Å².